The molecule has 0 fully saturated rings. The quantitative estimate of drug-likeness (QED) is 0.146. The molecule has 1 unspecified atom stereocenters. The Kier molecular flexibility index (Phi) is 9.12. The molecule has 2 aromatic carbocycles. The van der Waals surface area contributed by atoms with Gasteiger partial charge in [-0.2, -0.15) is 0 Å². The molecule has 0 aliphatic carbocycles. The number of carbonyl (C=O) groups excluding carboxylic acids is 3. The minimum atomic E-state index is -1.08. The van der Waals surface area contributed by atoms with Crippen molar-refractivity contribution in [2.75, 3.05) is 18.1 Å². The third-order valence-corrected chi connectivity index (χ3v) is 9.04. The third kappa shape index (κ3) is 5.95. The zero-order valence-corrected chi connectivity index (χ0v) is 26.5. The fraction of sp³-hybridized carbons (Fsp3) is 0.281. The van der Waals surface area contributed by atoms with Crippen LogP contribution in [0.4, 0.5) is 5.13 Å². The fourth-order valence-corrected chi connectivity index (χ4v) is 6.76. The molecule has 44 heavy (non-hydrogen) atoms. The highest BCUT2D eigenvalue weighted by Gasteiger charge is 2.47. The van der Waals surface area contributed by atoms with Crippen LogP contribution in [0.3, 0.4) is 0 Å². The Morgan fingerprint density at radius 3 is 2.30 bits per heavy atom. The summed E-state index contributed by atoms with van der Waals surface area (Å²) in [6.45, 7) is 9.47. The monoisotopic (exact) mass is 633 g/mol. The molecule has 1 N–H and O–H groups in total. The summed E-state index contributed by atoms with van der Waals surface area (Å²) in [7, 11) is 0. The molecule has 4 aromatic rings. The van der Waals surface area contributed by atoms with Crippen molar-refractivity contribution in [1.29, 1.82) is 0 Å². The molecular formula is C32H31N3O7S2. The van der Waals surface area contributed by atoms with Gasteiger partial charge in [-0.05, 0) is 57.9 Å². The van der Waals surface area contributed by atoms with E-state index in [1.165, 1.54) is 16.2 Å². The molecule has 3 heterocycles. The summed E-state index contributed by atoms with van der Waals surface area (Å²) < 4.78 is 17.2. The van der Waals surface area contributed by atoms with Crippen LogP contribution in [0.15, 0.2) is 59.9 Å². The highest BCUT2D eigenvalue weighted by molar-refractivity contribution is 7.17. The molecule has 1 amide bonds. The Hall–Kier alpha value is -4.55. The fourth-order valence-electron chi connectivity index (χ4n) is 4.90. The lowest BCUT2D eigenvalue weighted by atomic mass is 9.95. The molecule has 12 heteroatoms. The first-order valence-electron chi connectivity index (χ1n) is 14.0. The van der Waals surface area contributed by atoms with Crippen LogP contribution in [-0.2, 0) is 16.1 Å². The average Bonchev–Trinajstić information content (AvgIpc) is 3.64. The predicted octanol–water partition coefficient (Wildman–Crippen LogP) is 6.46. The van der Waals surface area contributed by atoms with Crippen LogP contribution < -0.4 is 14.4 Å². The normalized spacial score (nSPS) is 14.7. The van der Waals surface area contributed by atoms with Gasteiger partial charge in [0.05, 0.1) is 46.1 Å². The van der Waals surface area contributed by atoms with E-state index in [0.29, 0.717) is 51.5 Å². The molecule has 1 aliphatic rings. The molecule has 0 radical (unpaired) electrons. The van der Waals surface area contributed by atoms with Gasteiger partial charge < -0.3 is 19.3 Å². The van der Waals surface area contributed by atoms with E-state index in [1.54, 1.807) is 45.9 Å². The molecule has 1 aliphatic heterocycles. The van der Waals surface area contributed by atoms with E-state index in [0.717, 1.165) is 16.9 Å². The van der Waals surface area contributed by atoms with Crippen LogP contribution in [0.2, 0.25) is 0 Å². The number of esters is 1. The van der Waals surface area contributed by atoms with Crippen molar-refractivity contribution in [3.05, 3.63) is 97.1 Å². The minimum absolute atomic E-state index is 0.118. The van der Waals surface area contributed by atoms with Gasteiger partial charge in [-0.25, -0.2) is 14.8 Å². The van der Waals surface area contributed by atoms with Crippen molar-refractivity contribution >= 4 is 45.5 Å². The first-order valence-corrected chi connectivity index (χ1v) is 15.6. The summed E-state index contributed by atoms with van der Waals surface area (Å²) in [6, 6.07) is 13.7. The van der Waals surface area contributed by atoms with E-state index in [9.17, 15) is 19.5 Å². The SMILES string of the molecule is CCOC(=O)c1sc(N2C(=O)C(O)=C(C(=O)c3sc(C)nc3C)C2c2ccc(OCc3ccccc3)c(OCC)c2)nc1C. The lowest BCUT2D eigenvalue weighted by Gasteiger charge is -2.25. The van der Waals surface area contributed by atoms with Crippen molar-refractivity contribution in [2.45, 2.75) is 47.3 Å². The summed E-state index contributed by atoms with van der Waals surface area (Å²) in [5.74, 6) is -1.73. The van der Waals surface area contributed by atoms with E-state index in [4.69, 9.17) is 14.2 Å². The Morgan fingerprint density at radius 2 is 1.64 bits per heavy atom. The van der Waals surface area contributed by atoms with E-state index in [1.807, 2.05) is 37.3 Å². The molecule has 5 rings (SSSR count). The molecule has 1 atom stereocenters. The molecule has 0 bridgehead atoms. The number of aliphatic hydroxyl groups is 1. The zero-order chi connectivity index (χ0) is 31.5. The van der Waals surface area contributed by atoms with E-state index >= 15 is 0 Å². The summed E-state index contributed by atoms with van der Waals surface area (Å²) in [5.41, 5.74) is 2.19. The van der Waals surface area contributed by atoms with Crippen molar-refractivity contribution < 1.29 is 33.7 Å². The smallest absolute Gasteiger partial charge is 0.350 e. The number of aryl methyl sites for hydroxylation is 3. The Balaban J connectivity index is 1.61. The van der Waals surface area contributed by atoms with Crippen LogP contribution in [0, 0.1) is 20.8 Å². The number of Topliss-reactive ketones (excluding diaryl/α,β-unsaturated/α-hetero) is 1. The second-order valence-electron chi connectivity index (χ2n) is 9.86. The summed E-state index contributed by atoms with van der Waals surface area (Å²) >= 11 is 2.14. The first-order chi connectivity index (χ1) is 21.1. The molecule has 10 nitrogen and oxygen atoms in total. The topological polar surface area (TPSA) is 128 Å². The number of ether oxygens (including phenoxy) is 3. The van der Waals surface area contributed by atoms with Gasteiger partial charge in [0.15, 0.2) is 22.4 Å². The van der Waals surface area contributed by atoms with E-state index < -0.39 is 29.5 Å². The number of hydrogen-bond donors (Lipinski definition) is 1. The van der Waals surface area contributed by atoms with Crippen molar-refractivity contribution in [3.63, 3.8) is 0 Å². The summed E-state index contributed by atoms with van der Waals surface area (Å²) in [5, 5.41) is 12.0. The van der Waals surface area contributed by atoms with Gasteiger partial charge in [-0.3, -0.25) is 14.5 Å². The van der Waals surface area contributed by atoms with Crippen LogP contribution in [0.5, 0.6) is 11.5 Å². The number of carbonyl (C=O) groups is 3. The van der Waals surface area contributed by atoms with Gasteiger partial charge in [0, 0.05) is 0 Å². The molecule has 0 saturated carbocycles. The molecule has 0 saturated heterocycles. The third-order valence-electron chi connectivity index (χ3n) is 6.84. The standard InChI is InChI=1S/C32H31N3O7S2/c1-6-40-23-15-21(13-14-22(23)42-16-20-11-9-8-10-12-20)25-24(26(36)28-17(3)33-19(5)43-28)27(37)30(38)35(25)32-34-18(4)29(44-32)31(39)41-7-2/h8-15,25,37H,6-7,16H2,1-5H3. The maximum atomic E-state index is 14.0. The number of aromatic nitrogens is 2. The van der Waals surface area contributed by atoms with Crippen molar-refractivity contribution in [3.8, 4) is 11.5 Å². The highest BCUT2D eigenvalue weighted by Crippen LogP contribution is 2.46. The van der Waals surface area contributed by atoms with E-state index in [-0.39, 0.29) is 22.2 Å². The number of aliphatic hydroxyl groups excluding tert-OH is 1. The number of rotatable bonds is 11. The van der Waals surface area contributed by atoms with Crippen molar-refractivity contribution in [2.24, 2.45) is 0 Å². The highest BCUT2D eigenvalue weighted by atomic mass is 32.1. The summed E-state index contributed by atoms with van der Waals surface area (Å²) in [6.07, 6.45) is 0. The van der Waals surface area contributed by atoms with Gasteiger partial charge in [-0.15, -0.1) is 11.3 Å². The van der Waals surface area contributed by atoms with Gasteiger partial charge in [0.2, 0.25) is 5.78 Å². The lowest BCUT2D eigenvalue weighted by Crippen LogP contribution is -2.31. The number of hydrogen-bond acceptors (Lipinski definition) is 11. The number of thiazole rings is 2. The minimum Gasteiger partial charge on any atom is -0.503 e. The van der Waals surface area contributed by atoms with Crippen LogP contribution >= 0.6 is 22.7 Å². The Bertz CT molecular complexity index is 1760. The van der Waals surface area contributed by atoms with Gasteiger partial charge in [-0.1, -0.05) is 47.7 Å². The Labute approximate surface area is 262 Å². The van der Waals surface area contributed by atoms with Crippen LogP contribution in [-0.4, -0.2) is 45.9 Å². The summed E-state index contributed by atoms with van der Waals surface area (Å²) in [4.78, 5) is 51.0. The Morgan fingerprint density at radius 1 is 0.909 bits per heavy atom. The molecule has 228 valence electrons. The predicted molar refractivity (Wildman–Crippen MR) is 167 cm³/mol. The van der Waals surface area contributed by atoms with E-state index in [2.05, 4.69) is 9.97 Å². The molecule has 0 spiro atoms. The van der Waals surface area contributed by atoms with Gasteiger partial charge in [0.25, 0.3) is 5.91 Å². The first kappa shape index (κ1) is 30.9. The molecular weight excluding hydrogens is 603 g/mol. The number of amides is 1. The largest absolute Gasteiger partial charge is 0.503 e. The zero-order valence-electron chi connectivity index (χ0n) is 24.9. The van der Waals surface area contributed by atoms with Crippen molar-refractivity contribution in [1.82, 2.24) is 9.97 Å². The second-order valence-corrected chi connectivity index (χ2v) is 12.0. The number of ketones is 1. The van der Waals surface area contributed by atoms with Crippen LogP contribution in [0.25, 0.3) is 0 Å². The van der Waals surface area contributed by atoms with Crippen LogP contribution in [0.1, 0.15) is 66.8 Å². The van der Waals surface area contributed by atoms with Gasteiger partial charge >= 0.3 is 5.97 Å². The average molecular weight is 634 g/mol. The lowest BCUT2D eigenvalue weighted by molar-refractivity contribution is -0.117. The van der Waals surface area contributed by atoms with Gasteiger partial charge in [0.1, 0.15) is 11.5 Å². The number of nitrogens with zero attached hydrogens (tertiary/aromatic N) is 3. The number of benzene rings is 2. The molecule has 2 aromatic heterocycles. The second kappa shape index (κ2) is 13.0. The number of anilines is 1. The maximum absolute atomic E-state index is 14.0. The maximum Gasteiger partial charge on any atom is 0.350 e.